The van der Waals surface area contributed by atoms with E-state index >= 15 is 0 Å². The van der Waals surface area contributed by atoms with E-state index in [9.17, 15) is 5.11 Å². The zero-order chi connectivity index (χ0) is 10.7. The normalized spacial score (nSPS) is 14.9. The summed E-state index contributed by atoms with van der Waals surface area (Å²) in [5.41, 5.74) is 7.89. The highest BCUT2D eigenvalue weighted by Gasteiger charge is 2.11. The van der Waals surface area contributed by atoms with E-state index in [2.05, 4.69) is 0 Å². The first-order valence-electron chi connectivity index (χ1n) is 4.73. The smallest absolute Gasteiger partial charge is 0.0704 e. The maximum absolute atomic E-state index is 9.32. The Balaban J connectivity index is 2.83. The molecule has 1 aromatic carbocycles. The molecule has 3 heteroatoms. The molecule has 0 aliphatic carbocycles. The Bertz CT molecular complexity index is 280. The van der Waals surface area contributed by atoms with Gasteiger partial charge in [0.2, 0.25) is 0 Å². The minimum Gasteiger partial charge on any atom is -0.391 e. The van der Waals surface area contributed by atoms with E-state index in [1.807, 2.05) is 43.3 Å². The highest BCUT2D eigenvalue weighted by molar-refractivity contribution is 5.46. The van der Waals surface area contributed by atoms with Crippen molar-refractivity contribution in [3.63, 3.8) is 0 Å². The maximum Gasteiger partial charge on any atom is 0.0704 e. The van der Waals surface area contributed by atoms with Crippen LogP contribution >= 0.6 is 0 Å². The molecule has 1 rings (SSSR count). The van der Waals surface area contributed by atoms with E-state index in [1.165, 1.54) is 0 Å². The van der Waals surface area contributed by atoms with Gasteiger partial charge in [-0.1, -0.05) is 12.1 Å². The van der Waals surface area contributed by atoms with Crippen molar-refractivity contribution in [3.8, 4) is 0 Å². The molecular formula is C11H18N2O. The second-order valence-corrected chi connectivity index (χ2v) is 3.75. The molecule has 0 aromatic heterocycles. The van der Waals surface area contributed by atoms with E-state index in [1.54, 1.807) is 6.92 Å². The van der Waals surface area contributed by atoms with Crippen LogP contribution in [0.25, 0.3) is 0 Å². The average Bonchev–Trinajstić information content (AvgIpc) is 2.16. The lowest BCUT2D eigenvalue weighted by atomic mass is 10.0. The van der Waals surface area contributed by atoms with Crippen LogP contribution in [0.1, 0.15) is 18.5 Å². The SMILES string of the molecule is CC(O)C(N)c1ccc(N(C)C)cc1. The van der Waals surface area contributed by atoms with Gasteiger partial charge in [0.1, 0.15) is 0 Å². The molecule has 0 aliphatic heterocycles. The first-order chi connectivity index (χ1) is 6.52. The van der Waals surface area contributed by atoms with E-state index < -0.39 is 6.10 Å². The Morgan fingerprint density at radius 1 is 1.21 bits per heavy atom. The summed E-state index contributed by atoms with van der Waals surface area (Å²) >= 11 is 0. The molecule has 0 fully saturated rings. The monoisotopic (exact) mass is 194 g/mol. The van der Waals surface area contributed by atoms with Gasteiger partial charge >= 0.3 is 0 Å². The van der Waals surface area contributed by atoms with Gasteiger partial charge in [0.15, 0.2) is 0 Å². The second-order valence-electron chi connectivity index (χ2n) is 3.75. The lowest BCUT2D eigenvalue weighted by Gasteiger charge is -2.17. The number of aliphatic hydroxyl groups is 1. The van der Waals surface area contributed by atoms with Gasteiger partial charge in [-0.2, -0.15) is 0 Å². The Kier molecular flexibility index (Phi) is 3.49. The zero-order valence-corrected chi connectivity index (χ0v) is 8.94. The number of nitrogens with two attached hydrogens (primary N) is 1. The van der Waals surface area contributed by atoms with Gasteiger partial charge in [0, 0.05) is 19.8 Å². The van der Waals surface area contributed by atoms with Gasteiger partial charge in [-0.25, -0.2) is 0 Å². The van der Waals surface area contributed by atoms with E-state index in [0.29, 0.717) is 0 Å². The molecule has 0 bridgehead atoms. The molecule has 2 atom stereocenters. The minimum atomic E-state index is -0.514. The third-order valence-electron chi connectivity index (χ3n) is 2.31. The number of benzene rings is 1. The van der Waals surface area contributed by atoms with Gasteiger partial charge in [0.25, 0.3) is 0 Å². The van der Waals surface area contributed by atoms with E-state index in [-0.39, 0.29) is 6.04 Å². The molecule has 0 aliphatic rings. The van der Waals surface area contributed by atoms with Crippen LogP contribution in [0.15, 0.2) is 24.3 Å². The average molecular weight is 194 g/mol. The number of anilines is 1. The number of hydrogen-bond acceptors (Lipinski definition) is 3. The maximum atomic E-state index is 9.32. The number of hydrogen-bond donors (Lipinski definition) is 2. The fourth-order valence-corrected chi connectivity index (χ4v) is 1.27. The Hall–Kier alpha value is -1.06. The first-order valence-corrected chi connectivity index (χ1v) is 4.73. The van der Waals surface area contributed by atoms with Crippen molar-refractivity contribution in [1.82, 2.24) is 0 Å². The summed E-state index contributed by atoms with van der Waals surface area (Å²) in [7, 11) is 3.98. The summed E-state index contributed by atoms with van der Waals surface area (Å²) in [6.07, 6.45) is -0.514. The topological polar surface area (TPSA) is 49.5 Å². The largest absolute Gasteiger partial charge is 0.391 e. The molecule has 1 aromatic rings. The summed E-state index contributed by atoms with van der Waals surface area (Å²) < 4.78 is 0. The molecule has 0 saturated carbocycles. The molecule has 0 heterocycles. The highest BCUT2D eigenvalue weighted by Crippen LogP contribution is 2.18. The fourth-order valence-electron chi connectivity index (χ4n) is 1.27. The van der Waals surface area contributed by atoms with Crippen molar-refractivity contribution in [2.75, 3.05) is 19.0 Å². The van der Waals surface area contributed by atoms with Crippen molar-refractivity contribution in [2.45, 2.75) is 19.1 Å². The lowest BCUT2D eigenvalue weighted by molar-refractivity contribution is 0.164. The molecule has 0 saturated heterocycles. The lowest BCUT2D eigenvalue weighted by Crippen LogP contribution is -2.23. The minimum absolute atomic E-state index is 0.300. The standard InChI is InChI=1S/C11H18N2O/c1-8(14)11(12)9-4-6-10(7-5-9)13(2)3/h4-8,11,14H,12H2,1-3H3. The summed E-state index contributed by atoms with van der Waals surface area (Å²) in [5, 5.41) is 9.32. The van der Waals surface area contributed by atoms with Crippen LogP contribution < -0.4 is 10.6 Å². The van der Waals surface area contributed by atoms with Gasteiger partial charge in [0.05, 0.1) is 12.1 Å². The molecule has 78 valence electrons. The number of rotatable bonds is 3. The van der Waals surface area contributed by atoms with Crippen LogP contribution in [0.4, 0.5) is 5.69 Å². The molecule has 3 N–H and O–H groups in total. The molecule has 0 amide bonds. The van der Waals surface area contributed by atoms with Crippen LogP contribution in [0, 0.1) is 0 Å². The van der Waals surface area contributed by atoms with E-state index in [4.69, 9.17) is 5.73 Å². The predicted octanol–water partition coefficient (Wildman–Crippen LogP) is 1.13. The summed E-state index contributed by atoms with van der Waals surface area (Å²) in [5.74, 6) is 0. The van der Waals surface area contributed by atoms with E-state index in [0.717, 1.165) is 11.3 Å². The van der Waals surface area contributed by atoms with Gasteiger partial charge in [-0.3, -0.25) is 0 Å². The van der Waals surface area contributed by atoms with Crippen LogP contribution in [0.3, 0.4) is 0 Å². The van der Waals surface area contributed by atoms with Crippen LogP contribution in [-0.2, 0) is 0 Å². The van der Waals surface area contributed by atoms with Gasteiger partial charge in [-0.05, 0) is 24.6 Å². The molecule has 2 unspecified atom stereocenters. The summed E-state index contributed by atoms with van der Waals surface area (Å²) in [4.78, 5) is 2.03. The number of nitrogens with zero attached hydrogens (tertiary/aromatic N) is 1. The molecule has 14 heavy (non-hydrogen) atoms. The molecule has 0 radical (unpaired) electrons. The number of aliphatic hydroxyl groups excluding tert-OH is 1. The van der Waals surface area contributed by atoms with Crippen LogP contribution in [0.2, 0.25) is 0 Å². The Morgan fingerprint density at radius 2 is 1.71 bits per heavy atom. The molecule has 3 nitrogen and oxygen atoms in total. The third-order valence-corrected chi connectivity index (χ3v) is 2.31. The van der Waals surface area contributed by atoms with Crippen LogP contribution in [0.5, 0.6) is 0 Å². The van der Waals surface area contributed by atoms with Crippen LogP contribution in [-0.4, -0.2) is 25.3 Å². The Morgan fingerprint density at radius 3 is 2.07 bits per heavy atom. The van der Waals surface area contributed by atoms with Gasteiger partial charge < -0.3 is 15.7 Å². The van der Waals surface area contributed by atoms with Crippen molar-refractivity contribution in [3.05, 3.63) is 29.8 Å². The quantitative estimate of drug-likeness (QED) is 0.758. The van der Waals surface area contributed by atoms with Crippen molar-refractivity contribution >= 4 is 5.69 Å². The summed E-state index contributed by atoms with van der Waals surface area (Å²) in [6.45, 7) is 1.70. The highest BCUT2D eigenvalue weighted by atomic mass is 16.3. The summed E-state index contributed by atoms with van der Waals surface area (Å²) in [6, 6.07) is 7.60. The van der Waals surface area contributed by atoms with Gasteiger partial charge in [-0.15, -0.1) is 0 Å². The van der Waals surface area contributed by atoms with Crippen molar-refractivity contribution < 1.29 is 5.11 Å². The zero-order valence-electron chi connectivity index (χ0n) is 8.94. The Labute approximate surface area is 85.2 Å². The fraction of sp³-hybridized carbons (Fsp3) is 0.455. The van der Waals surface area contributed by atoms with Crippen molar-refractivity contribution in [2.24, 2.45) is 5.73 Å². The molecular weight excluding hydrogens is 176 g/mol. The second kappa shape index (κ2) is 4.44. The predicted molar refractivity (Wildman–Crippen MR) is 59.4 cm³/mol. The first kappa shape index (κ1) is 11.0. The molecule has 0 spiro atoms. The van der Waals surface area contributed by atoms with Crippen molar-refractivity contribution in [1.29, 1.82) is 0 Å². The third kappa shape index (κ3) is 2.47.